The molecular weight excluding hydrogens is 466 g/mol. The number of benzene rings is 4. The zero-order valence-electron chi connectivity index (χ0n) is 20.2. The Morgan fingerprint density at radius 1 is 0.861 bits per heavy atom. The minimum Gasteiger partial charge on any atom is -0.377 e. The van der Waals surface area contributed by atoms with Gasteiger partial charge in [-0.1, -0.05) is 84.1 Å². The molecule has 0 saturated heterocycles. The maximum Gasteiger partial charge on any atom is 0.234 e. The van der Waals surface area contributed by atoms with E-state index in [1.165, 1.54) is 22.7 Å². The fourth-order valence-corrected chi connectivity index (χ4v) is 4.94. The molecule has 5 rings (SSSR count). The Kier molecular flexibility index (Phi) is 7.00. The minimum atomic E-state index is -0.0787. The first-order valence-electron chi connectivity index (χ1n) is 11.8. The van der Waals surface area contributed by atoms with Gasteiger partial charge in [0.2, 0.25) is 5.91 Å². The lowest BCUT2D eigenvalue weighted by Crippen LogP contribution is -2.15. The lowest BCUT2D eigenvalue weighted by Gasteiger charge is -2.13. The predicted octanol–water partition coefficient (Wildman–Crippen LogP) is 6.38. The van der Waals surface area contributed by atoms with Crippen LogP contribution in [0.1, 0.15) is 17.0 Å². The number of carbonyl (C=O) groups is 1. The Labute approximate surface area is 214 Å². The van der Waals surface area contributed by atoms with Gasteiger partial charge in [-0.25, -0.2) is 0 Å². The molecule has 7 heteroatoms. The van der Waals surface area contributed by atoms with E-state index in [1.807, 2.05) is 79.1 Å². The van der Waals surface area contributed by atoms with E-state index in [0.717, 1.165) is 33.8 Å². The van der Waals surface area contributed by atoms with Crippen LogP contribution < -0.4 is 10.6 Å². The summed E-state index contributed by atoms with van der Waals surface area (Å²) in [5.41, 5.74) is 5.03. The first kappa shape index (κ1) is 23.6. The van der Waals surface area contributed by atoms with Gasteiger partial charge in [0.05, 0.1) is 12.3 Å². The highest BCUT2D eigenvalue weighted by molar-refractivity contribution is 7.99. The summed E-state index contributed by atoms with van der Waals surface area (Å²) in [4.78, 5) is 12.7. The van der Waals surface area contributed by atoms with Crippen molar-refractivity contribution in [3.63, 3.8) is 0 Å². The monoisotopic (exact) mass is 493 g/mol. The molecule has 0 aliphatic carbocycles. The van der Waals surface area contributed by atoms with E-state index in [-0.39, 0.29) is 11.7 Å². The van der Waals surface area contributed by atoms with Gasteiger partial charge < -0.3 is 10.6 Å². The van der Waals surface area contributed by atoms with Gasteiger partial charge in [0.1, 0.15) is 0 Å². The number of nitrogens with one attached hydrogen (secondary N) is 2. The highest BCUT2D eigenvalue weighted by Gasteiger charge is 2.16. The maximum atomic E-state index is 12.7. The molecule has 0 aliphatic heterocycles. The van der Waals surface area contributed by atoms with Crippen LogP contribution in [0.15, 0.2) is 96.2 Å². The molecule has 0 saturated carbocycles. The molecule has 4 aromatic carbocycles. The molecule has 0 unspecified atom stereocenters. The fraction of sp³-hybridized carbons (Fsp3) is 0.138. The summed E-state index contributed by atoms with van der Waals surface area (Å²) in [6.07, 6.45) is 0. The number of para-hydroxylation sites is 1. The Morgan fingerprint density at radius 2 is 1.64 bits per heavy atom. The second-order valence-electron chi connectivity index (χ2n) is 8.61. The SMILES string of the molecule is Cc1ccc(NC(=O)CSc2nnc(CNc3cccc4ccccc34)n2-c2ccccc2)c(C)c1. The smallest absolute Gasteiger partial charge is 0.234 e. The number of fused-ring (bicyclic) bond motifs is 1. The topological polar surface area (TPSA) is 71.8 Å². The molecule has 180 valence electrons. The number of thioether (sulfide) groups is 1. The maximum absolute atomic E-state index is 12.7. The van der Waals surface area contributed by atoms with Gasteiger partial charge in [-0.2, -0.15) is 0 Å². The summed E-state index contributed by atoms with van der Waals surface area (Å²) >= 11 is 1.37. The molecule has 0 fully saturated rings. The predicted molar refractivity (Wildman–Crippen MR) is 148 cm³/mol. The first-order valence-corrected chi connectivity index (χ1v) is 12.8. The molecule has 0 aliphatic rings. The van der Waals surface area contributed by atoms with Gasteiger partial charge in [-0.05, 0) is 49.1 Å². The van der Waals surface area contributed by atoms with E-state index in [9.17, 15) is 4.79 Å². The van der Waals surface area contributed by atoms with Crippen LogP contribution in [0.2, 0.25) is 0 Å². The minimum absolute atomic E-state index is 0.0787. The molecule has 0 bridgehead atoms. The molecule has 36 heavy (non-hydrogen) atoms. The van der Waals surface area contributed by atoms with E-state index in [2.05, 4.69) is 51.2 Å². The second-order valence-corrected chi connectivity index (χ2v) is 9.55. The van der Waals surface area contributed by atoms with Crippen molar-refractivity contribution in [3.05, 3.63) is 108 Å². The first-order chi connectivity index (χ1) is 17.6. The summed E-state index contributed by atoms with van der Waals surface area (Å²) in [5, 5.41) is 18.4. The number of hydrogen-bond acceptors (Lipinski definition) is 5. The Balaban J connectivity index is 1.35. The van der Waals surface area contributed by atoms with Crippen molar-refractivity contribution in [2.75, 3.05) is 16.4 Å². The van der Waals surface area contributed by atoms with Gasteiger partial charge in [0, 0.05) is 22.4 Å². The summed E-state index contributed by atoms with van der Waals surface area (Å²) in [6.45, 7) is 4.53. The summed E-state index contributed by atoms with van der Waals surface area (Å²) < 4.78 is 2.01. The van der Waals surface area contributed by atoms with Gasteiger partial charge in [0.15, 0.2) is 11.0 Å². The molecule has 6 nitrogen and oxygen atoms in total. The number of nitrogens with zero attached hydrogens (tertiary/aromatic N) is 3. The second kappa shape index (κ2) is 10.7. The fourth-order valence-electron chi connectivity index (χ4n) is 4.17. The molecule has 0 spiro atoms. The molecular formula is C29H27N5OS. The zero-order chi connectivity index (χ0) is 24.9. The molecule has 0 radical (unpaired) electrons. The lowest BCUT2D eigenvalue weighted by atomic mass is 10.1. The van der Waals surface area contributed by atoms with Crippen molar-refractivity contribution in [2.24, 2.45) is 0 Å². The Bertz CT molecular complexity index is 1510. The molecule has 5 aromatic rings. The Hall–Kier alpha value is -4.10. The average molecular weight is 494 g/mol. The van der Waals surface area contributed by atoms with Crippen LogP contribution in [0.4, 0.5) is 11.4 Å². The van der Waals surface area contributed by atoms with Crippen molar-refractivity contribution < 1.29 is 4.79 Å². The molecule has 1 heterocycles. The number of aryl methyl sites for hydroxylation is 2. The molecule has 1 aromatic heterocycles. The highest BCUT2D eigenvalue weighted by atomic mass is 32.2. The van der Waals surface area contributed by atoms with Gasteiger partial charge in [-0.3, -0.25) is 9.36 Å². The third-order valence-electron chi connectivity index (χ3n) is 5.93. The number of aromatic nitrogens is 3. The van der Waals surface area contributed by atoms with Crippen LogP contribution in [0, 0.1) is 13.8 Å². The van der Waals surface area contributed by atoms with Crippen LogP contribution in [0.5, 0.6) is 0 Å². The van der Waals surface area contributed by atoms with Crippen LogP contribution in [0.3, 0.4) is 0 Å². The van der Waals surface area contributed by atoms with Crippen molar-refractivity contribution >= 4 is 39.8 Å². The quantitative estimate of drug-likeness (QED) is 0.245. The zero-order valence-corrected chi connectivity index (χ0v) is 21.0. The molecule has 0 atom stereocenters. The standard InChI is InChI=1S/C29H27N5OS/c1-20-15-16-25(21(2)17-20)31-28(35)19-36-29-33-32-27(34(29)23-11-4-3-5-12-23)18-30-26-14-8-10-22-9-6-7-13-24(22)26/h3-17,30H,18-19H2,1-2H3,(H,31,35). The van der Waals surface area contributed by atoms with Crippen LogP contribution in [-0.4, -0.2) is 26.4 Å². The van der Waals surface area contributed by atoms with E-state index >= 15 is 0 Å². The van der Waals surface area contributed by atoms with E-state index < -0.39 is 0 Å². The number of hydrogen-bond donors (Lipinski definition) is 2. The van der Waals surface area contributed by atoms with E-state index in [1.54, 1.807) is 0 Å². The van der Waals surface area contributed by atoms with Crippen molar-refractivity contribution in [1.82, 2.24) is 14.8 Å². The van der Waals surface area contributed by atoms with Gasteiger partial charge in [0.25, 0.3) is 0 Å². The number of anilines is 2. The number of rotatable bonds is 8. The largest absolute Gasteiger partial charge is 0.377 e. The van der Waals surface area contributed by atoms with Crippen molar-refractivity contribution in [1.29, 1.82) is 0 Å². The lowest BCUT2D eigenvalue weighted by molar-refractivity contribution is -0.113. The van der Waals surface area contributed by atoms with E-state index in [4.69, 9.17) is 0 Å². The summed E-state index contributed by atoms with van der Waals surface area (Å²) in [7, 11) is 0. The highest BCUT2D eigenvalue weighted by Crippen LogP contribution is 2.26. The average Bonchev–Trinajstić information content (AvgIpc) is 3.31. The van der Waals surface area contributed by atoms with Crippen molar-refractivity contribution in [3.8, 4) is 5.69 Å². The molecule has 2 N–H and O–H groups in total. The molecule has 1 amide bonds. The van der Waals surface area contributed by atoms with Crippen LogP contribution in [-0.2, 0) is 11.3 Å². The third kappa shape index (κ3) is 5.26. The Morgan fingerprint density at radius 3 is 2.47 bits per heavy atom. The van der Waals surface area contributed by atoms with Crippen LogP contribution >= 0.6 is 11.8 Å². The van der Waals surface area contributed by atoms with Gasteiger partial charge in [-0.15, -0.1) is 10.2 Å². The summed E-state index contributed by atoms with van der Waals surface area (Å²) in [5.74, 6) is 0.922. The van der Waals surface area contributed by atoms with Crippen molar-refractivity contribution in [2.45, 2.75) is 25.5 Å². The van der Waals surface area contributed by atoms with Gasteiger partial charge >= 0.3 is 0 Å². The van der Waals surface area contributed by atoms with E-state index in [0.29, 0.717) is 11.7 Å². The number of carbonyl (C=O) groups excluding carboxylic acids is 1. The third-order valence-corrected chi connectivity index (χ3v) is 6.86. The summed E-state index contributed by atoms with van der Waals surface area (Å²) in [6, 6.07) is 30.5. The number of amides is 1. The van der Waals surface area contributed by atoms with Crippen LogP contribution in [0.25, 0.3) is 16.5 Å². The normalized spacial score (nSPS) is 10.9.